The third-order valence-electron chi connectivity index (χ3n) is 7.30. The maximum atomic E-state index is 12.9. The van der Waals surface area contributed by atoms with Crippen molar-refractivity contribution < 1.29 is 9.59 Å². The van der Waals surface area contributed by atoms with Crippen molar-refractivity contribution in [1.82, 2.24) is 0 Å². The molecule has 0 aliphatic heterocycles. The zero-order valence-corrected chi connectivity index (χ0v) is 14.1. The summed E-state index contributed by atoms with van der Waals surface area (Å²) in [6.07, 6.45) is 2.85. The van der Waals surface area contributed by atoms with Crippen molar-refractivity contribution in [2.75, 3.05) is 0 Å². The third kappa shape index (κ3) is 1.56. The molecule has 2 nitrogen and oxygen atoms in total. The minimum atomic E-state index is -0.0148. The van der Waals surface area contributed by atoms with E-state index in [4.69, 9.17) is 0 Å². The van der Waals surface area contributed by atoms with Crippen molar-refractivity contribution in [3.63, 3.8) is 0 Å². The number of hydrogen-bond donors (Lipinski definition) is 0. The van der Waals surface area contributed by atoms with E-state index in [-0.39, 0.29) is 29.3 Å². The molecular formula is C20H26O2. The molecule has 0 heterocycles. The first-order chi connectivity index (χ1) is 10.3. The van der Waals surface area contributed by atoms with Crippen LogP contribution in [-0.2, 0) is 9.59 Å². The lowest BCUT2D eigenvalue weighted by molar-refractivity contribution is -0.123. The van der Waals surface area contributed by atoms with Gasteiger partial charge in [0.25, 0.3) is 0 Å². The molecule has 0 saturated heterocycles. The van der Waals surface area contributed by atoms with Gasteiger partial charge in [-0.15, -0.1) is 0 Å². The largest absolute Gasteiger partial charge is 0.294 e. The van der Waals surface area contributed by atoms with Crippen LogP contribution in [0.2, 0.25) is 0 Å². The normalized spacial score (nSPS) is 46.1. The molecule has 118 valence electrons. The van der Waals surface area contributed by atoms with Gasteiger partial charge >= 0.3 is 0 Å². The van der Waals surface area contributed by atoms with Gasteiger partial charge in [0, 0.05) is 28.9 Å². The molecule has 6 atom stereocenters. The maximum absolute atomic E-state index is 12.9. The Labute approximate surface area is 133 Å². The first-order valence-corrected chi connectivity index (χ1v) is 8.76. The lowest BCUT2D eigenvalue weighted by Gasteiger charge is -2.38. The maximum Gasteiger partial charge on any atom is 0.163 e. The molecule has 4 rings (SSSR count). The van der Waals surface area contributed by atoms with Crippen molar-refractivity contribution in [1.29, 1.82) is 0 Å². The molecule has 22 heavy (non-hydrogen) atoms. The Morgan fingerprint density at radius 1 is 1.14 bits per heavy atom. The highest BCUT2D eigenvalue weighted by atomic mass is 16.1. The van der Waals surface area contributed by atoms with E-state index in [0.29, 0.717) is 29.6 Å². The molecule has 4 aliphatic rings. The molecule has 2 fully saturated rings. The summed E-state index contributed by atoms with van der Waals surface area (Å²) in [5, 5.41) is 0. The summed E-state index contributed by atoms with van der Waals surface area (Å²) in [4.78, 5) is 25.6. The molecule has 4 aliphatic carbocycles. The summed E-state index contributed by atoms with van der Waals surface area (Å²) in [5.41, 5.74) is 3.25. The van der Waals surface area contributed by atoms with E-state index in [9.17, 15) is 9.59 Å². The van der Waals surface area contributed by atoms with E-state index in [2.05, 4.69) is 27.4 Å². The second kappa shape index (κ2) is 4.21. The number of hydrogen-bond acceptors (Lipinski definition) is 2. The fourth-order valence-corrected chi connectivity index (χ4v) is 6.02. The minimum absolute atomic E-state index is 0.0148. The summed E-state index contributed by atoms with van der Waals surface area (Å²) >= 11 is 0. The highest BCUT2D eigenvalue weighted by molar-refractivity contribution is 6.13. The fraction of sp³-hybridized carbons (Fsp3) is 0.700. The smallest absolute Gasteiger partial charge is 0.163 e. The van der Waals surface area contributed by atoms with Crippen molar-refractivity contribution in [2.45, 2.75) is 47.0 Å². The average Bonchev–Trinajstić information content (AvgIpc) is 2.93. The van der Waals surface area contributed by atoms with Crippen LogP contribution < -0.4 is 0 Å². The Hall–Kier alpha value is -1.18. The number of Topliss-reactive ketones (excluding diaryl/α,β-unsaturated/α-hetero) is 2. The second-order valence-corrected chi connectivity index (χ2v) is 8.72. The van der Waals surface area contributed by atoms with Crippen LogP contribution in [0.1, 0.15) is 47.0 Å². The third-order valence-corrected chi connectivity index (χ3v) is 7.30. The van der Waals surface area contributed by atoms with Crippen molar-refractivity contribution >= 4 is 11.6 Å². The molecule has 0 aromatic heterocycles. The van der Waals surface area contributed by atoms with Crippen LogP contribution in [0.25, 0.3) is 0 Å². The first-order valence-electron chi connectivity index (χ1n) is 8.76. The Balaban J connectivity index is 1.87. The summed E-state index contributed by atoms with van der Waals surface area (Å²) in [7, 11) is 0. The van der Waals surface area contributed by atoms with Gasteiger partial charge in [0.2, 0.25) is 0 Å². The van der Waals surface area contributed by atoms with Crippen molar-refractivity contribution in [3.05, 3.63) is 23.3 Å². The minimum Gasteiger partial charge on any atom is -0.294 e. The molecule has 0 radical (unpaired) electrons. The number of carbonyl (C=O) groups excluding carboxylic acids is 2. The van der Waals surface area contributed by atoms with E-state index in [1.54, 1.807) is 0 Å². The quantitative estimate of drug-likeness (QED) is 0.634. The van der Waals surface area contributed by atoms with E-state index >= 15 is 0 Å². The van der Waals surface area contributed by atoms with Crippen LogP contribution in [0.15, 0.2) is 23.3 Å². The van der Waals surface area contributed by atoms with Gasteiger partial charge in [-0.05, 0) is 42.4 Å². The van der Waals surface area contributed by atoms with Gasteiger partial charge in [-0.2, -0.15) is 0 Å². The fourth-order valence-electron chi connectivity index (χ4n) is 6.02. The van der Waals surface area contributed by atoms with Gasteiger partial charge in [-0.25, -0.2) is 0 Å². The van der Waals surface area contributed by atoms with Crippen molar-refractivity contribution in [2.24, 2.45) is 40.9 Å². The summed E-state index contributed by atoms with van der Waals surface area (Å²) in [6.45, 7) is 13.1. The highest BCUT2D eigenvalue weighted by Gasteiger charge is 2.66. The van der Waals surface area contributed by atoms with Crippen LogP contribution in [0.5, 0.6) is 0 Å². The van der Waals surface area contributed by atoms with Crippen LogP contribution in [0.4, 0.5) is 0 Å². The number of fused-ring (bicyclic) bond motifs is 4. The van der Waals surface area contributed by atoms with E-state index in [1.165, 1.54) is 12.0 Å². The average molecular weight is 298 g/mol. The lowest BCUT2D eigenvalue weighted by atomic mass is 9.64. The SMILES string of the molecule is C=C1CC[C@H]2[C@@H]([C@@H]3[C@@H]1C1=C(C[C@@H](C)C1=O)C(=O)[C@H]3C)C2(C)C. The monoisotopic (exact) mass is 298 g/mol. The van der Waals surface area contributed by atoms with Crippen LogP contribution >= 0.6 is 0 Å². The summed E-state index contributed by atoms with van der Waals surface area (Å²) in [5.74, 6) is 2.24. The number of rotatable bonds is 0. The number of allylic oxidation sites excluding steroid dienone is 3. The zero-order chi connectivity index (χ0) is 16.0. The van der Waals surface area contributed by atoms with E-state index in [0.717, 1.165) is 17.6 Å². The van der Waals surface area contributed by atoms with Crippen LogP contribution in [0, 0.1) is 40.9 Å². The topological polar surface area (TPSA) is 34.1 Å². The Bertz CT molecular complexity index is 636. The first kappa shape index (κ1) is 14.4. The molecule has 0 spiro atoms. The van der Waals surface area contributed by atoms with Gasteiger partial charge in [0.15, 0.2) is 11.6 Å². The molecular weight excluding hydrogens is 272 g/mol. The summed E-state index contributed by atoms with van der Waals surface area (Å²) in [6, 6.07) is 0. The highest BCUT2D eigenvalue weighted by Crippen LogP contribution is 2.70. The summed E-state index contributed by atoms with van der Waals surface area (Å²) < 4.78 is 0. The zero-order valence-electron chi connectivity index (χ0n) is 14.1. The van der Waals surface area contributed by atoms with Crippen molar-refractivity contribution in [3.8, 4) is 0 Å². The van der Waals surface area contributed by atoms with E-state index in [1.807, 2.05) is 6.92 Å². The molecule has 2 heteroatoms. The standard InChI is InChI=1S/C20H26O2/c1-9-6-7-13-17(20(13,4)5)15-11(3)19(22)12-8-10(2)18(21)16(12)14(9)15/h10-11,13-15,17H,1,6-8H2,2-5H3/t10-,11+,13+,14-,15+,17+/m1/s1. The molecule has 2 saturated carbocycles. The van der Waals surface area contributed by atoms with Crippen LogP contribution in [-0.4, -0.2) is 11.6 Å². The van der Waals surface area contributed by atoms with Gasteiger partial charge in [-0.3, -0.25) is 9.59 Å². The Kier molecular flexibility index (Phi) is 2.76. The van der Waals surface area contributed by atoms with E-state index < -0.39 is 0 Å². The predicted octanol–water partition coefficient (Wildman–Crippen LogP) is 3.97. The predicted molar refractivity (Wildman–Crippen MR) is 86.1 cm³/mol. The Morgan fingerprint density at radius 2 is 1.82 bits per heavy atom. The number of carbonyl (C=O) groups is 2. The Morgan fingerprint density at radius 3 is 2.50 bits per heavy atom. The molecule has 0 unspecified atom stereocenters. The number of ketones is 2. The molecule has 0 aromatic rings. The van der Waals surface area contributed by atoms with Crippen LogP contribution in [0.3, 0.4) is 0 Å². The van der Waals surface area contributed by atoms with Gasteiger partial charge in [-0.1, -0.05) is 39.8 Å². The van der Waals surface area contributed by atoms with Gasteiger partial charge in [0.1, 0.15) is 0 Å². The van der Waals surface area contributed by atoms with Gasteiger partial charge in [0.05, 0.1) is 0 Å². The lowest BCUT2D eigenvalue weighted by Crippen LogP contribution is -2.38. The molecule has 0 bridgehead atoms. The molecule has 0 amide bonds. The second-order valence-electron chi connectivity index (χ2n) is 8.72. The molecule has 0 aromatic carbocycles. The molecule has 0 N–H and O–H groups in total. The van der Waals surface area contributed by atoms with Gasteiger partial charge < -0.3 is 0 Å².